The molecule has 0 spiro atoms. The van der Waals surface area contributed by atoms with Crippen molar-refractivity contribution < 1.29 is 9.59 Å². The van der Waals surface area contributed by atoms with Gasteiger partial charge in [-0.25, -0.2) is 0 Å². The monoisotopic (exact) mass is 281 g/mol. The lowest BCUT2D eigenvalue weighted by atomic mass is 10.00. The first-order valence-electron chi connectivity index (χ1n) is 7.34. The molecule has 1 aliphatic rings. The summed E-state index contributed by atoms with van der Waals surface area (Å²) >= 11 is 0. The molecular weight excluding hydrogens is 262 g/mol. The third-order valence-corrected chi connectivity index (χ3v) is 4.51. The van der Waals surface area contributed by atoms with Crippen molar-refractivity contribution in [2.24, 2.45) is 5.92 Å². The molecule has 108 valence electrons. The van der Waals surface area contributed by atoms with E-state index in [1.807, 2.05) is 19.1 Å². The lowest BCUT2D eigenvalue weighted by Crippen LogP contribution is -2.21. The number of nitrogens with zero attached hydrogens (tertiary/aromatic N) is 1. The van der Waals surface area contributed by atoms with E-state index in [-0.39, 0.29) is 11.7 Å². The van der Waals surface area contributed by atoms with E-state index in [2.05, 4.69) is 23.1 Å². The average molecular weight is 281 g/mol. The van der Waals surface area contributed by atoms with Gasteiger partial charge in [0, 0.05) is 30.3 Å². The molecule has 1 heterocycles. The zero-order valence-corrected chi connectivity index (χ0v) is 12.4. The molecule has 3 rings (SSSR count). The van der Waals surface area contributed by atoms with Crippen LogP contribution < -0.4 is 4.90 Å². The highest BCUT2D eigenvalue weighted by molar-refractivity contribution is 6.01. The van der Waals surface area contributed by atoms with Crippen molar-refractivity contribution in [1.29, 1.82) is 0 Å². The van der Waals surface area contributed by atoms with E-state index >= 15 is 0 Å². The van der Waals surface area contributed by atoms with Crippen molar-refractivity contribution in [3.05, 3.63) is 41.5 Å². The number of carbonyl (C=O) groups excluding carboxylic acids is 2. The third kappa shape index (κ3) is 2.44. The van der Waals surface area contributed by atoms with Crippen LogP contribution in [0.2, 0.25) is 0 Å². The molecule has 21 heavy (non-hydrogen) atoms. The number of hydrogen-bond acceptors (Lipinski definition) is 3. The lowest BCUT2D eigenvalue weighted by Gasteiger charge is -2.19. The minimum atomic E-state index is 0.142. The van der Waals surface area contributed by atoms with Gasteiger partial charge in [-0.05, 0) is 48.7 Å². The summed E-state index contributed by atoms with van der Waals surface area (Å²) < 4.78 is 0. The quantitative estimate of drug-likeness (QED) is 0.809. The number of carbonyl (C=O) groups is 2. The van der Waals surface area contributed by atoms with Crippen LogP contribution in [0.15, 0.2) is 30.3 Å². The molecule has 3 heteroatoms. The average Bonchev–Trinajstić information content (AvgIpc) is 2.96. The second-order valence-corrected chi connectivity index (χ2v) is 5.86. The van der Waals surface area contributed by atoms with Crippen molar-refractivity contribution in [3.8, 4) is 0 Å². The number of anilines is 1. The van der Waals surface area contributed by atoms with Gasteiger partial charge < -0.3 is 4.90 Å². The summed E-state index contributed by atoms with van der Waals surface area (Å²) in [5.74, 6) is 0.409. The summed E-state index contributed by atoms with van der Waals surface area (Å²) in [6, 6.07) is 10.2. The smallest absolute Gasteiger partial charge is 0.150 e. The SMILES string of the molecule is CC(=O)C1CCN(c2ccc3ccc(C)c(C=O)c3c2)C1. The number of Topliss-reactive ketones (excluding diaryl/α,β-unsaturated/α-hetero) is 1. The number of rotatable bonds is 3. The fourth-order valence-corrected chi connectivity index (χ4v) is 3.12. The van der Waals surface area contributed by atoms with E-state index in [0.29, 0.717) is 0 Å². The van der Waals surface area contributed by atoms with Crippen LogP contribution in [-0.4, -0.2) is 25.2 Å². The molecule has 0 N–H and O–H groups in total. The van der Waals surface area contributed by atoms with Crippen LogP contribution in [0.3, 0.4) is 0 Å². The summed E-state index contributed by atoms with van der Waals surface area (Å²) in [5.41, 5.74) is 2.86. The van der Waals surface area contributed by atoms with E-state index in [9.17, 15) is 9.59 Å². The Labute approximate surface area is 124 Å². The maximum absolute atomic E-state index is 11.5. The van der Waals surface area contributed by atoms with Crippen LogP contribution in [0, 0.1) is 12.8 Å². The maximum atomic E-state index is 11.5. The minimum Gasteiger partial charge on any atom is -0.371 e. The van der Waals surface area contributed by atoms with Gasteiger partial charge >= 0.3 is 0 Å². The van der Waals surface area contributed by atoms with Crippen LogP contribution in [0.4, 0.5) is 5.69 Å². The molecule has 2 aromatic carbocycles. The topological polar surface area (TPSA) is 37.4 Å². The van der Waals surface area contributed by atoms with Crippen LogP contribution in [0.1, 0.15) is 29.3 Å². The highest BCUT2D eigenvalue weighted by atomic mass is 16.1. The molecule has 0 aliphatic carbocycles. The number of aldehydes is 1. The number of ketones is 1. The zero-order valence-electron chi connectivity index (χ0n) is 12.4. The molecule has 1 unspecified atom stereocenters. The summed E-state index contributed by atoms with van der Waals surface area (Å²) in [6.07, 6.45) is 1.85. The first kappa shape index (κ1) is 13.8. The molecule has 3 nitrogen and oxygen atoms in total. The molecule has 0 amide bonds. The van der Waals surface area contributed by atoms with E-state index in [4.69, 9.17) is 0 Å². The third-order valence-electron chi connectivity index (χ3n) is 4.51. The van der Waals surface area contributed by atoms with Crippen LogP contribution >= 0.6 is 0 Å². The summed E-state index contributed by atoms with van der Waals surface area (Å²) in [5, 5.41) is 2.07. The van der Waals surface area contributed by atoms with Crippen LogP contribution in [0.25, 0.3) is 10.8 Å². The van der Waals surface area contributed by atoms with Gasteiger partial charge in [-0.15, -0.1) is 0 Å². The second-order valence-electron chi connectivity index (χ2n) is 5.86. The van der Waals surface area contributed by atoms with E-state index in [0.717, 1.165) is 53.4 Å². The second kappa shape index (κ2) is 5.32. The Hall–Kier alpha value is -2.16. The molecule has 2 aromatic rings. The van der Waals surface area contributed by atoms with Gasteiger partial charge in [0.05, 0.1) is 0 Å². The summed E-state index contributed by atoms with van der Waals surface area (Å²) in [4.78, 5) is 25.1. The van der Waals surface area contributed by atoms with Gasteiger partial charge in [0.15, 0.2) is 6.29 Å². The van der Waals surface area contributed by atoms with Gasteiger partial charge in [-0.1, -0.05) is 18.2 Å². The largest absolute Gasteiger partial charge is 0.371 e. The Kier molecular flexibility index (Phi) is 3.50. The number of fused-ring (bicyclic) bond motifs is 1. The number of hydrogen-bond donors (Lipinski definition) is 0. The number of aryl methyl sites for hydroxylation is 1. The van der Waals surface area contributed by atoms with Gasteiger partial charge in [0.25, 0.3) is 0 Å². The van der Waals surface area contributed by atoms with Crippen molar-refractivity contribution in [2.75, 3.05) is 18.0 Å². The van der Waals surface area contributed by atoms with Gasteiger partial charge in [-0.3, -0.25) is 9.59 Å². The Morgan fingerprint density at radius 3 is 2.71 bits per heavy atom. The van der Waals surface area contributed by atoms with Crippen molar-refractivity contribution in [1.82, 2.24) is 0 Å². The summed E-state index contributed by atoms with van der Waals surface area (Å²) in [7, 11) is 0. The Morgan fingerprint density at radius 2 is 2.05 bits per heavy atom. The van der Waals surface area contributed by atoms with Crippen molar-refractivity contribution >= 4 is 28.5 Å². The number of benzene rings is 2. The Bertz CT molecular complexity index is 720. The van der Waals surface area contributed by atoms with E-state index < -0.39 is 0 Å². The molecule has 1 fully saturated rings. The zero-order chi connectivity index (χ0) is 15.0. The molecular formula is C18H19NO2. The van der Waals surface area contributed by atoms with Gasteiger partial charge in [-0.2, -0.15) is 0 Å². The highest BCUT2D eigenvalue weighted by Crippen LogP contribution is 2.29. The molecule has 0 saturated carbocycles. The predicted octanol–water partition coefficient (Wildman–Crippen LogP) is 3.38. The normalized spacial score (nSPS) is 18.2. The standard InChI is InChI=1S/C18H19NO2/c1-12-3-4-14-5-6-16(9-17(14)18(12)11-20)19-8-7-15(10-19)13(2)21/h3-6,9,11,15H,7-8,10H2,1-2H3. The Morgan fingerprint density at radius 1 is 1.29 bits per heavy atom. The minimum absolute atomic E-state index is 0.142. The molecule has 1 aliphatic heterocycles. The first-order chi connectivity index (χ1) is 10.1. The Balaban J connectivity index is 2.01. The molecule has 0 radical (unpaired) electrons. The molecule has 1 saturated heterocycles. The van der Waals surface area contributed by atoms with E-state index in [1.165, 1.54) is 0 Å². The maximum Gasteiger partial charge on any atom is 0.150 e. The highest BCUT2D eigenvalue weighted by Gasteiger charge is 2.26. The van der Waals surface area contributed by atoms with Crippen molar-refractivity contribution in [2.45, 2.75) is 20.3 Å². The first-order valence-corrected chi connectivity index (χ1v) is 7.34. The van der Waals surface area contributed by atoms with Crippen LogP contribution in [0.5, 0.6) is 0 Å². The molecule has 1 atom stereocenters. The summed E-state index contributed by atoms with van der Waals surface area (Å²) in [6.45, 7) is 5.31. The fraction of sp³-hybridized carbons (Fsp3) is 0.333. The predicted molar refractivity (Wildman–Crippen MR) is 85.1 cm³/mol. The van der Waals surface area contributed by atoms with Gasteiger partial charge in [0.2, 0.25) is 0 Å². The fourth-order valence-electron chi connectivity index (χ4n) is 3.12. The van der Waals surface area contributed by atoms with Crippen molar-refractivity contribution in [3.63, 3.8) is 0 Å². The van der Waals surface area contributed by atoms with Gasteiger partial charge in [0.1, 0.15) is 5.78 Å². The van der Waals surface area contributed by atoms with E-state index in [1.54, 1.807) is 6.92 Å². The van der Waals surface area contributed by atoms with Crippen LogP contribution in [-0.2, 0) is 4.79 Å². The lowest BCUT2D eigenvalue weighted by molar-refractivity contribution is -0.120. The molecule has 0 bridgehead atoms. The molecule has 0 aromatic heterocycles.